The zero-order chi connectivity index (χ0) is 16.3. The maximum absolute atomic E-state index is 12.2. The molecule has 0 unspecified atom stereocenters. The van der Waals surface area contributed by atoms with E-state index in [1.165, 1.54) is 12.1 Å². The first kappa shape index (κ1) is 16.2. The molecule has 0 bridgehead atoms. The van der Waals surface area contributed by atoms with Crippen molar-refractivity contribution in [1.82, 2.24) is 10.3 Å². The Morgan fingerprint density at radius 3 is 2.50 bits per heavy atom. The summed E-state index contributed by atoms with van der Waals surface area (Å²) in [5, 5.41) is 14.8. The van der Waals surface area contributed by atoms with Gasteiger partial charge in [-0.3, -0.25) is 4.79 Å². The average Bonchev–Trinajstić information content (AvgIpc) is 2.97. The molecule has 0 saturated carbocycles. The molecule has 0 fully saturated rings. The minimum atomic E-state index is -1.05. The quantitative estimate of drug-likeness (QED) is 0.885. The molecule has 1 aromatic carbocycles. The van der Waals surface area contributed by atoms with Gasteiger partial charge >= 0.3 is 5.97 Å². The van der Waals surface area contributed by atoms with E-state index in [4.69, 9.17) is 5.11 Å². The molecular weight excluding hydrogens is 300 g/mol. The zero-order valence-electron chi connectivity index (χ0n) is 12.7. The molecule has 0 aliphatic rings. The maximum Gasteiger partial charge on any atom is 0.335 e. The van der Waals surface area contributed by atoms with Crippen LogP contribution in [0, 0.1) is 0 Å². The lowest BCUT2D eigenvalue weighted by Crippen LogP contribution is -2.27. The van der Waals surface area contributed by atoms with Crippen LogP contribution in [0.3, 0.4) is 0 Å². The summed E-state index contributed by atoms with van der Waals surface area (Å²) < 4.78 is 0. The third kappa shape index (κ3) is 3.71. The number of carbonyl (C=O) groups is 2. The second-order valence-corrected chi connectivity index (χ2v) is 6.24. The molecule has 1 amide bonds. The van der Waals surface area contributed by atoms with Crippen LogP contribution in [0.2, 0.25) is 0 Å². The fraction of sp³-hybridized carbons (Fsp3) is 0.312. The number of carboxylic acid groups (broad SMARTS) is 1. The lowest BCUT2D eigenvalue weighted by molar-refractivity contribution is 0.0697. The van der Waals surface area contributed by atoms with Gasteiger partial charge in [0.05, 0.1) is 22.3 Å². The van der Waals surface area contributed by atoms with Gasteiger partial charge in [-0.15, -0.1) is 11.3 Å². The highest BCUT2D eigenvalue weighted by Crippen LogP contribution is 2.23. The Kier molecular flexibility index (Phi) is 4.92. The number of thiazole rings is 1. The van der Waals surface area contributed by atoms with Gasteiger partial charge < -0.3 is 10.4 Å². The van der Waals surface area contributed by atoms with E-state index in [1.807, 2.05) is 12.3 Å². The van der Waals surface area contributed by atoms with Crippen molar-refractivity contribution in [3.8, 4) is 0 Å². The second kappa shape index (κ2) is 6.70. The van der Waals surface area contributed by atoms with E-state index in [0.29, 0.717) is 11.5 Å². The Morgan fingerprint density at radius 2 is 1.91 bits per heavy atom. The SMILES string of the molecule is CC(C)c1nc([C@@H](C)NC(=O)c2cccc(C(=O)O)c2)cs1. The van der Waals surface area contributed by atoms with Gasteiger partial charge in [0.1, 0.15) is 0 Å². The number of aromatic carboxylic acids is 1. The van der Waals surface area contributed by atoms with Crippen molar-refractivity contribution in [3.05, 3.63) is 51.5 Å². The number of aromatic nitrogens is 1. The molecule has 1 atom stereocenters. The monoisotopic (exact) mass is 318 g/mol. The largest absolute Gasteiger partial charge is 0.478 e. The highest BCUT2D eigenvalue weighted by molar-refractivity contribution is 7.09. The molecule has 0 spiro atoms. The summed E-state index contributed by atoms with van der Waals surface area (Å²) in [5.74, 6) is -1.01. The summed E-state index contributed by atoms with van der Waals surface area (Å²) in [6, 6.07) is 5.74. The van der Waals surface area contributed by atoms with Gasteiger partial charge in [0, 0.05) is 16.9 Å². The van der Waals surface area contributed by atoms with Crippen molar-refractivity contribution in [2.45, 2.75) is 32.7 Å². The summed E-state index contributed by atoms with van der Waals surface area (Å²) in [4.78, 5) is 27.7. The van der Waals surface area contributed by atoms with Crippen molar-refractivity contribution in [2.24, 2.45) is 0 Å². The van der Waals surface area contributed by atoms with E-state index in [1.54, 1.807) is 23.5 Å². The Labute approximate surface area is 133 Å². The van der Waals surface area contributed by atoms with Gasteiger partial charge in [-0.05, 0) is 25.1 Å². The summed E-state index contributed by atoms with van der Waals surface area (Å²) in [5.41, 5.74) is 1.23. The molecule has 6 heteroatoms. The van der Waals surface area contributed by atoms with Crippen molar-refractivity contribution in [1.29, 1.82) is 0 Å². The van der Waals surface area contributed by atoms with Gasteiger partial charge in [-0.25, -0.2) is 9.78 Å². The molecule has 116 valence electrons. The van der Waals surface area contributed by atoms with Crippen LogP contribution in [-0.2, 0) is 0 Å². The van der Waals surface area contributed by atoms with Gasteiger partial charge in [-0.1, -0.05) is 19.9 Å². The Hall–Kier alpha value is -2.21. The Bertz CT molecular complexity index is 694. The highest BCUT2D eigenvalue weighted by atomic mass is 32.1. The second-order valence-electron chi connectivity index (χ2n) is 5.35. The highest BCUT2D eigenvalue weighted by Gasteiger charge is 2.16. The van der Waals surface area contributed by atoms with Crippen LogP contribution in [0.15, 0.2) is 29.6 Å². The van der Waals surface area contributed by atoms with E-state index >= 15 is 0 Å². The van der Waals surface area contributed by atoms with E-state index < -0.39 is 5.97 Å². The summed E-state index contributed by atoms with van der Waals surface area (Å²) in [6.07, 6.45) is 0. The fourth-order valence-corrected chi connectivity index (χ4v) is 2.84. The molecule has 5 nitrogen and oxygen atoms in total. The number of nitrogens with one attached hydrogen (secondary N) is 1. The molecule has 0 saturated heterocycles. The molecule has 22 heavy (non-hydrogen) atoms. The Balaban J connectivity index is 2.10. The lowest BCUT2D eigenvalue weighted by atomic mass is 10.1. The number of hydrogen-bond donors (Lipinski definition) is 2. The van der Waals surface area contributed by atoms with Gasteiger partial charge in [0.2, 0.25) is 0 Å². The zero-order valence-corrected chi connectivity index (χ0v) is 13.5. The van der Waals surface area contributed by atoms with Gasteiger partial charge in [-0.2, -0.15) is 0 Å². The van der Waals surface area contributed by atoms with Crippen molar-refractivity contribution >= 4 is 23.2 Å². The topological polar surface area (TPSA) is 79.3 Å². The number of nitrogens with zero attached hydrogens (tertiary/aromatic N) is 1. The first-order chi connectivity index (χ1) is 10.4. The molecule has 2 aromatic rings. The molecular formula is C16H18N2O3S. The molecule has 0 aliphatic heterocycles. The number of benzene rings is 1. The number of carboxylic acids is 1. The van der Waals surface area contributed by atoms with Gasteiger partial charge in [0.15, 0.2) is 0 Å². The Morgan fingerprint density at radius 1 is 1.23 bits per heavy atom. The first-order valence-corrected chi connectivity index (χ1v) is 7.86. The average molecular weight is 318 g/mol. The van der Waals surface area contributed by atoms with Crippen LogP contribution in [0.25, 0.3) is 0 Å². The molecule has 2 N–H and O–H groups in total. The lowest BCUT2D eigenvalue weighted by Gasteiger charge is -2.12. The van der Waals surface area contributed by atoms with Gasteiger partial charge in [0.25, 0.3) is 5.91 Å². The first-order valence-electron chi connectivity index (χ1n) is 6.98. The molecule has 0 aliphatic carbocycles. The predicted octanol–water partition coefficient (Wildman–Crippen LogP) is 3.46. The number of rotatable bonds is 5. The molecule has 0 radical (unpaired) electrons. The van der Waals surface area contributed by atoms with Crippen molar-refractivity contribution < 1.29 is 14.7 Å². The van der Waals surface area contributed by atoms with Crippen LogP contribution >= 0.6 is 11.3 Å². The maximum atomic E-state index is 12.2. The predicted molar refractivity (Wildman–Crippen MR) is 85.5 cm³/mol. The third-order valence-electron chi connectivity index (χ3n) is 3.20. The number of hydrogen-bond acceptors (Lipinski definition) is 4. The van der Waals surface area contributed by atoms with E-state index in [9.17, 15) is 9.59 Å². The standard InChI is InChI=1S/C16H18N2O3S/c1-9(2)15-18-13(8-22-15)10(3)17-14(19)11-5-4-6-12(7-11)16(20)21/h4-10H,1-3H3,(H,17,19)(H,20,21)/t10-/m1/s1. The summed E-state index contributed by atoms with van der Waals surface area (Å²) in [7, 11) is 0. The molecule has 1 aromatic heterocycles. The summed E-state index contributed by atoms with van der Waals surface area (Å²) in [6.45, 7) is 6.00. The van der Waals surface area contributed by atoms with Crippen molar-refractivity contribution in [3.63, 3.8) is 0 Å². The van der Waals surface area contributed by atoms with Crippen LogP contribution in [0.5, 0.6) is 0 Å². The minimum Gasteiger partial charge on any atom is -0.478 e. The third-order valence-corrected chi connectivity index (χ3v) is 4.36. The van der Waals surface area contributed by atoms with E-state index in [0.717, 1.165) is 10.7 Å². The van der Waals surface area contributed by atoms with E-state index in [2.05, 4.69) is 24.1 Å². The molecule has 2 rings (SSSR count). The van der Waals surface area contributed by atoms with Crippen LogP contribution in [-0.4, -0.2) is 22.0 Å². The smallest absolute Gasteiger partial charge is 0.335 e. The van der Waals surface area contributed by atoms with Crippen LogP contribution in [0.1, 0.15) is 64.1 Å². The molecule has 1 heterocycles. The van der Waals surface area contributed by atoms with Crippen LogP contribution < -0.4 is 5.32 Å². The van der Waals surface area contributed by atoms with E-state index in [-0.39, 0.29) is 17.5 Å². The van der Waals surface area contributed by atoms with Crippen molar-refractivity contribution in [2.75, 3.05) is 0 Å². The number of carbonyl (C=O) groups excluding carboxylic acids is 1. The van der Waals surface area contributed by atoms with Crippen LogP contribution in [0.4, 0.5) is 0 Å². The summed E-state index contributed by atoms with van der Waals surface area (Å²) >= 11 is 1.58. The minimum absolute atomic E-state index is 0.0936. The fourth-order valence-electron chi connectivity index (χ4n) is 1.91. The number of amides is 1. The normalized spacial score (nSPS) is 12.2.